The molecule has 0 spiro atoms. The molecule has 0 radical (unpaired) electrons. The highest BCUT2D eigenvalue weighted by Gasteiger charge is 2.14. The van der Waals surface area contributed by atoms with E-state index in [1.807, 2.05) is 0 Å². The van der Waals surface area contributed by atoms with Crippen molar-refractivity contribution in [2.24, 2.45) is 0 Å². The minimum atomic E-state index is -0.624. The van der Waals surface area contributed by atoms with Crippen LogP contribution in [0.2, 0.25) is 0 Å². The molecule has 6 heteroatoms. The maximum atomic E-state index is 11.9. The van der Waals surface area contributed by atoms with Crippen LogP contribution in [-0.2, 0) is 0 Å². The molecule has 0 aliphatic rings. The van der Waals surface area contributed by atoms with Crippen molar-refractivity contribution in [2.75, 3.05) is 0 Å². The fourth-order valence-corrected chi connectivity index (χ4v) is 1.57. The first-order valence-corrected chi connectivity index (χ1v) is 5.68. The van der Waals surface area contributed by atoms with Crippen LogP contribution in [-0.4, -0.2) is 20.8 Å². The van der Waals surface area contributed by atoms with Gasteiger partial charge < -0.3 is 5.11 Å². The van der Waals surface area contributed by atoms with Gasteiger partial charge in [-0.1, -0.05) is 6.07 Å². The van der Waals surface area contributed by atoms with E-state index in [0.29, 0.717) is 5.56 Å². The van der Waals surface area contributed by atoms with Crippen LogP contribution in [0.1, 0.15) is 15.9 Å². The lowest BCUT2D eigenvalue weighted by Crippen LogP contribution is -1.97. The third-order valence-electron chi connectivity index (χ3n) is 2.57. The van der Waals surface area contributed by atoms with Crippen molar-refractivity contribution in [3.8, 4) is 5.75 Å². The minimum absolute atomic E-state index is 0.112. The summed E-state index contributed by atoms with van der Waals surface area (Å²) >= 11 is 0. The van der Waals surface area contributed by atoms with E-state index >= 15 is 0 Å². The highest BCUT2D eigenvalue weighted by atomic mass is 16.6. The molecular formula is C14H10N2O4. The zero-order valence-corrected chi connectivity index (χ0v) is 10.3. The molecule has 1 heterocycles. The quantitative estimate of drug-likeness (QED) is 0.399. The number of hydrogen-bond acceptors (Lipinski definition) is 5. The smallest absolute Gasteiger partial charge is 0.270 e. The predicted octanol–water partition coefficient (Wildman–Crippen LogP) is 2.59. The summed E-state index contributed by atoms with van der Waals surface area (Å²) in [4.78, 5) is 25.8. The first kappa shape index (κ1) is 13.4. The van der Waals surface area contributed by atoms with E-state index < -0.39 is 10.7 Å². The van der Waals surface area contributed by atoms with E-state index in [0.717, 1.165) is 18.2 Å². The van der Waals surface area contributed by atoms with Gasteiger partial charge in [-0.25, -0.2) is 0 Å². The van der Waals surface area contributed by atoms with Gasteiger partial charge in [-0.05, 0) is 29.8 Å². The van der Waals surface area contributed by atoms with Crippen molar-refractivity contribution >= 4 is 17.5 Å². The number of rotatable bonds is 4. The molecule has 0 aliphatic heterocycles. The summed E-state index contributed by atoms with van der Waals surface area (Å²) in [5, 5.41) is 20.2. The van der Waals surface area contributed by atoms with Gasteiger partial charge in [-0.2, -0.15) is 0 Å². The molecule has 2 aromatic rings. The second kappa shape index (κ2) is 5.75. The van der Waals surface area contributed by atoms with Gasteiger partial charge in [-0.15, -0.1) is 0 Å². The molecule has 0 atom stereocenters. The van der Waals surface area contributed by atoms with Gasteiger partial charge in [-0.3, -0.25) is 19.9 Å². The number of nitrogens with zero attached hydrogens (tertiary/aromatic N) is 2. The fraction of sp³-hybridized carbons (Fsp3) is 0. The van der Waals surface area contributed by atoms with E-state index in [4.69, 9.17) is 0 Å². The number of phenols is 1. The predicted molar refractivity (Wildman–Crippen MR) is 72.4 cm³/mol. The van der Waals surface area contributed by atoms with Crippen molar-refractivity contribution in [3.05, 3.63) is 70.0 Å². The van der Waals surface area contributed by atoms with E-state index in [2.05, 4.69) is 4.98 Å². The Balaban J connectivity index is 2.27. The van der Waals surface area contributed by atoms with Gasteiger partial charge in [0.2, 0.25) is 0 Å². The van der Waals surface area contributed by atoms with Crippen molar-refractivity contribution < 1.29 is 14.8 Å². The molecule has 0 aliphatic carbocycles. The standard InChI is InChI=1S/C14H10N2O4/c17-13(5-3-10-2-1-7-15-9-10)12-8-11(16(19)20)4-6-14(12)18/h1-9,18H. The third kappa shape index (κ3) is 3.05. The number of aromatic hydroxyl groups is 1. The Kier molecular flexibility index (Phi) is 3.85. The topological polar surface area (TPSA) is 93.3 Å². The molecule has 6 nitrogen and oxygen atoms in total. The molecule has 20 heavy (non-hydrogen) atoms. The molecule has 1 aromatic carbocycles. The van der Waals surface area contributed by atoms with Crippen LogP contribution in [0.25, 0.3) is 6.08 Å². The molecule has 0 saturated carbocycles. The number of carbonyl (C=O) groups excluding carboxylic acids is 1. The maximum absolute atomic E-state index is 11.9. The zero-order valence-electron chi connectivity index (χ0n) is 10.3. The largest absolute Gasteiger partial charge is 0.507 e. The molecule has 0 amide bonds. The SMILES string of the molecule is O=C(C=Cc1cccnc1)c1cc([N+](=O)[O-])ccc1O. The summed E-state index contributed by atoms with van der Waals surface area (Å²) in [7, 11) is 0. The van der Waals surface area contributed by atoms with Crippen LogP contribution in [0.3, 0.4) is 0 Å². The number of benzene rings is 1. The van der Waals surface area contributed by atoms with Crippen LogP contribution in [0.15, 0.2) is 48.8 Å². The van der Waals surface area contributed by atoms with Gasteiger partial charge in [0.05, 0.1) is 10.5 Å². The van der Waals surface area contributed by atoms with Crippen LogP contribution in [0.4, 0.5) is 5.69 Å². The second-order valence-corrected chi connectivity index (χ2v) is 3.94. The van der Waals surface area contributed by atoms with Gasteiger partial charge >= 0.3 is 0 Å². The Morgan fingerprint density at radius 3 is 2.80 bits per heavy atom. The lowest BCUT2D eigenvalue weighted by Gasteiger charge is -2.00. The summed E-state index contributed by atoms with van der Waals surface area (Å²) in [6.45, 7) is 0. The molecule has 1 aromatic heterocycles. The lowest BCUT2D eigenvalue weighted by molar-refractivity contribution is -0.384. The molecule has 0 bridgehead atoms. The molecular weight excluding hydrogens is 260 g/mol. The maximum Gasteiger partial charge on any atom is 0.270 e. The second-order valence-electron chi connectivity index (χ2n) is 3.94. The van der Waals surface area contributed by atoms with Gasteiger partial charge in [0.1, 0.15) is 5.75 Å². The summed E-state index contributed by atoms with van der Waals surface area (Å²) in [5.74, 6) is -0.813. The molecule has 1 N–H and O–H groups in total. The minimum Gasteiger partial charge on any atom is -0.507 e. The van der Waals surface area contributed by atoms with E-state index in [1.165, 1.54) is 12.2 Å². The fourth-order valence-electron chi connectivity index (χ4n) is 1.57. The van der Waals surface area contributed by atoms with Crippen LogP contribution >= 0.6 is 0 Å². The number of aromatic nitrogens is 1. The summed E-state index contributed by atoms with van der Waals surface area (Å²) < 4.78 is 0. The van der Waals surface area contributed by atoms with Crippen molar-refractivity contribution in [2.45, 2.75) is 0 Å². The molecule has 2 rings (SSSR count). The zero-order chi connectivity index (χ0) is 14.5. The number of allylic oxidation sites excluding steroid dienone is 1. The highest BCUT2D eigenvalue weighted by molar-refractivity contribution is 6.08. The number of phenolic OH excluding ortho intramolecular Hbond substituents is 1. The Morgan fingerprint density at radius 1 is 1.35 bits per heavy atom. The normalized spacial score (nSPS) is 10.6. The first-order chi connectivity index (χ1) is 9.58. The number of pyridine rings is 1. The number of nitro benzene ring substituents is 1. The summed E-state index contributed by atoms with van der Waals surface area (Å²) in [6, 6.07) is 6.78. The molecule has 0 saturated heterocycles. The van der Waals surface area contributed by atoms with Crippen LogP contribution in [0, 0.1) is 10.1 Å². The van der Waals surface area contributed by atoms with Crippen molar-refractivity contribution in [1.82, 2.24) is 4.98 Å². The summed E-state index contributed by atoms with van der Waals surface area (Å²) in [5.41, 5.74) is 0.353. The Labute approximate surface area is 114 Å². The Morgan fingerprint density at radius 2 is 2.15 bits per heavy atom. The van der Waals surface area contributed by atoms with Gasteiger partial charge in [0.15, 0.2) is 5.78 Å². The Hall–Kier alpha value is -3.02. The van der Waals surface area contributed by atoms with Crippen LogP contribution < -0.4 is 0 Å². The first-order valence-electron chi connectivity index (χ1n) is 5.68. The average molecular weight is 270 g/mol. The number of carbonyl (C=O) groups is 1. The molecule has 0 unspecified atom stereocenters. The monoisotopic (exact) mass is 270 g/mol. The summed E-state index contributed by atoms with van der Waals surface area (Å²) in [6.07, 6.45) is 5.92. The molecule has 0 fully saturated rings. The number of non-ortho nitro benzene ring substituents is 1. The van der Waals surface area contributed by atoms with Crippen molar-refractivity contribution in [1.29, 1.82) is 0 Å². The van der Waals surface area contributed by atoms with Gasteiger partial charge in [0, 0.05) is 24.5 Å². The van der Waals surface area contributed by atoms with E-state index in [9.17, 15) is 20.0 Å². The Bertz CT molecular complexity index is 681. The van der Waals surface area contributed by atoms with Crippen LogP contribution in [0.5, 0.6) is 5.75 Å². The van der Waals surface area contributed by atoms with E-state index in [1.54, 1.807) is 24.5 Å². The third-order valence-corrected chi connectivity index (χ3v) is 2.57. The number of hydrogen-bond donors (Lipinski definition) is 1. The average Bonchev–Trinajstić information content (AvgIpc) is 2.46. The lowest BCUT2D eigenvalue weighted by atomic mass is 10.1. The highest BCUT2D eigenvalue weighted by Crippen LogP contribution is 2.23. The number of ketones is 1. The van der Waals surface area contributed by atoms with Crippen molar-refractivity contribution in [3.63, 3.8) is 0 Å². The molecule has 100 valence electrons. The number of nitro groups is 1. The van der Waals surface area contributed by atoms with E-state index in [-0.39, 0.29) is 17.0 Å². The van der Waals surface area contributed by atoms with Gasteiger partial charge in [0.25, 0.3) is 5.69 Å².